The minimum atomic E-state index is 0.545. The van der Waals surface area contributed by atoms with Crippen LogP contribution in [-0.2, 0) is 13.1 Å². The van der Waals surface area contributed by atoms with E-state index in [1.54, 1.807) is 0 Å². The Labute approximate surface area is 148 Å². The third-order valence-corrected chi connectivity index (χ3v) is 4.89. The quantitative estimate of drug-likeness (QED) is 0.794. The number of likely N-dealkylation sites (N-methyl/N-ethyl adjacent to an activating group) is 1. The Morgan fingerprint density at radius 3 is 2.44 bits per heavy atom. The number of nitrogens with two attached hydrogens (primary N) is 1. The summed E-state index contributed by atoms with van der Waals surface area (Å²) in [5, 5.41) is 0. The summed E-state index contributed by atoms with van der Waals surface area (Å²) in [4.78, 5) is 9.55. The monoisotopic (exact) mass is 336 g/mol. The topological polar surface area (TPSA) is 58.5 Å². The van der Waals surface area contributed by atoms with Crippen LogP contribution in [0.4, 0.5) is 0 Å². The molecule has 0 unspecified atom stereocenters. The highest BCUT2D eigenvalue weighted by molar-refractivity contribution is 5.77. The first-order valence-corrected chi connectivity index (χ1v) is 8.81. The predicted octanol–water partition coefficient (Wildman–Crippen LogP) is 2.70. The van der Waals surface area contributed by atoms with Gasteiger partial charge >= 0.3 is 0 Å². The molecule has 0 saturated carbocycles. The molecular weight excluding hydrogens is 312 g/mol. The number of aromatic nitrogens is 1. The van der Waals surface area contributed by atoms with Gasteiger partial charge in [-0.25, -0.2) is 4.98 Å². The van der Waals surface area contributed by atoms with Crippen molar-refractivity contribution in [2.45, 2.75) is 13.1 Å². The van der Waals surface area contributed by atoms with Crippen molar-refractivity contribution in [2.75, 3.05) is 33.2 Å². The van der Waals surface area contributed by atoms with Crippen molar-refractivity contribution in [1.29, 1.82) is 0 Å². The van der Waals surface area contributed by atoms with Crippen LogP contribution in [0, 0.1) is 0 Å². The van der Waals surface area contributed by atoms with Gasteiger partial charge in [0, 0.05) is 44.8 Å². The molecule has 25 heavy (non-hydrogen) atoms. The molecule has 5 nitrogen and oxygen atoms in total. The summed E-state index contributed by atoms with van der Waals surface area (Å²) in [5.74, 6) is 0.662. The van der Waals surface area contributed by atoms with E-state index in [1.165, 1.54) is 5.56 Å². The van der Waals surface area contributed by atoms with E-state index < -0.39 is 0 Å². The van der Waals surface area contributed by atoms with E-state index in [-0.39, 0.29) is 0 Å². The average Bonchev–Trinajstić information content (AvgIpc) is 3.07. The van der Waals surface area contributed by atoms with Gasteiger partial charge < -0.3 is 15.1 Å². The van der Waals surface area contributed by atoms with Crippen LogP contribution < -0.4 is 5.73 Å². The maximum Gasteiger partial charge on any atom is 0.227 e. The van der Waals surface area contributed by atoms with Crippen molar-refractivity contribution in [1.82, 2.24) is 14.8 Å². The highest BCUT2D eigenvalue weighted by Crippen LogP contribution is 2.25. The molecule has 1 aliphatic rings. The average molecular weight is 336 g/mol. The van der Waals surface area contributed by atoms with Gasteiger partial charge in [0.2, 0.25) is 5.89 Å². The van der Waals surface area contributed by atoms with E-state index in [0.29, 0.717) is 12.4 Å². The minimum Gasteiger partial charge on any atom is -0.436 e. The summed E-state index contributed by atoms with van der Waals surface area (Å²) in [6.45, 7) is 6.02. The fourth-order valence-corrected chi connectivity index (χ4v) is 3.24. The Hall–Kier alpha value is -2.21. The first-order valence-electron chi connectivity index (χ1n) is 8.81. The molecular formula is C20H24N4O. The molecule has 0 amide bonds. The van der Waals surface area contributed by atoms with Crippen LogP contribution in [0.1, 0.15) is 11.1 Å². The molecule has 0 bridgehead atoms. The number of oxazole rings is 1. The van der Waals surface area contributed by atoms with E-state index in [4.69, 9.17) is 10.2 Å². The first kappa shape index (κ1) is 16.3. The standard InChI is InChI=1S/C20H24N4O/c1-23-8-10-24(11-9-23)14-16-4-7-19-18(12-16)22-20(25-19)17-5-2-15(13-21)3-6-17/h2-7,12H,8-11,13-14,21H2,1H3. The molecule has 2 aromatic carbocycles. The van der Waals surface area contributed by atoms with Crippen molar-refractivity contribution in [2.24, 2.45) is 5.73 Å². The molecule has 0 atom stereocenters. The van der Waals surface area contributed by atoms with Crippen LogP contribution in [0.25, 0.3) is 22.6 Å². The molecule has 1 saturated heterocycles. The van der Waals surface area contributed by atoms with Gasteiger partial charge in [-0.1, -0.05) is 18.2 Å². The van der Waals surface area contributed by atoms with Gasteiger partial charge in [0.05, 0.1) is 0 Å². The molecule has 3 aromatic rings. The third-order valence-electron chi connectivity index (χ3n) is 4.89. The SMILES string of the molecule is CN1CCN(Cc2ccc3oc(-c4ccc(CN)cc4)nc3c2)CC1. The van der Waals surface area contributed by atoms with Gasteiger partial charge in [0.25, 0.3) is 0 Å². The molecule has 2 heterocycles. The van der Waals surface area contributed by atoms with Crippen LogP contribution in [0.2, 0.25) is 0 Å². The van der Waals surface area contributed by atoms with Crippen molar-refractivity contribution in [3.05, 3.63) is 53.6 Å². The van der Waals surface area contributed by atoms with Gasteiger partial charge in [-0.3, -0.25) is 4.90 Å². The first-order chi connectivity index (χ1) is 12.2. The largest absolute Gasteiger partial charge is 0.436 e. The van der Waals surface area contributed by atoms with Gasteiger partial charge in [0.1, 0.15) is 5.52 Å². The van der Waals surface area contributed by atoms with Crippen molar-refractivity contribution >= 4 is 11.1 Å². The number of hydrogen-bond acceptors (Lipinski definition) is 5. The highest BCUT2D eigenvalue weighted by atomic mass is 16.3. The fourth-order valence-electron chi connectivity index (χ4n) is 3.24. The summed E-state index contributed by atoms with van der Waals surface area (Å²) in [7, 11) is 2.18. The molecule has 130 valence electrons. The van der Waals surface area contributed by atoms with Gasteiger partial charge in [0.15, 0.2) is 5.58 Å². The second kappa shape index (κ2) is 6.96. The molecule has 0 radical (unpaired) electrons. The van der Waals surface area contributed by atoms with Crippen LogP contribution >= 0.6 is 0 Å². The lowest BCUT2D eigenvalue weighted by Gasteiger charge is -2.32. The number of fused-ring (bicyclic) bond motifs is 1. The number of benzene rings is 2. The molecule has 1 aliphatic heterocycles. The second-order valence-corrected chi connectivity index (χ2v) is 6.80. The fraction of sp³-hybridized carbons (Fsp3) is 0.350. The summed E-state index contributed by atoms with van der Waals surface area (Å²) in [6, 6.07) is 14.4. The maximum absolute atomic E-state index is 5.92. The highest BCUT2D eigenvalue weighted by Gasteiger charge is 2.15. The van der Waals surface area contributed by atoms with E-state index in [9.17, 15) is 0 Å². The lowest BCUT2D eigenvalue weighted by atomic mass is 10.1. The summed E-state index contributed by atoms with van der Waals surface area (Å²) < 4.78 is 5.92. The van der Waals surface area contributed by atoms with Crippen molar-refractivity contribution in [3.8, 4) is 11.5 Å². The number of nitrogens with zero attached hydrogens (tertiary/aromatic N) is 3. The van der Waals surface area contributed by atoms with Crippen molar-refractivity contribution in [3.63, 3.8) is 0 Å². The Morgan fingerprint density at radius 1 is 1.00 bits per heavy atom. The molecule has 0 aliphatic carbocycles. The van der Waals surface area contributed by atoms with Gasteiger partial charge in [-0.05, 0) is 42.4 Å². The third kappa shape index (κ3) is 3.58. The van der Waals surface area contributed by atoms with Crippen LogP contribution in [0.3, 0.4) is 0 Å². The van der Waals surface area contributed by atoms with E-state index >= 15 is 0 Å². The van der Waals surface area contributed by atoms with E-state index in [1.807, 2.05) is 30.3 Å². The summed E-state index contributed by atoms with van der Waals surface area (Å²) in [6.07, 6.45) is 0. The molecule has 1 fully saturated rings. The van der Waals surface area contributed by atoms with E-state index in [2.05, 4.69) is 34.0 Å². The zero-order valence-electron chi connectivity index (χ0n) is 14.6. The van der Waals surface area contributed by atoms with E-state index in [0.717, 1.165) is 55.0 Å². The minimum absolute atomic E-state index is 0.545. The van der Waals surface area contributed by atoms with Crippen LogP contribution in [0.5, 0.6) is 0 Å². The normalized spacial score (nSPS) is 16.6. The molecule has 4 rings (SSSR count). The smallest absolute Gasteiger partial charge is 0.227 e. The Balaban J connectivity index is 1.54. The Kier molecular flexibility index (Phi) is 4.53. The van der Waals surface area contributed by atoms with Crippen molar-refractivity contribution < 1.29 is 4.42 Å². The summed E-state index contributed by atoms with van der Waals surface area (Å²) in [5.41, 5.74) is 10.8. The molecule has 0 spiro atoms. The van der Waals surface area contributed by atoms with Crippen LogP contribution in [0.15, 0.2) is 46.9 Å². The molecule has 2 N–H and O–H groups in total. The van der Waals surface area contributed by atoms with Crippen LogP contribution in [-0.4, -0.2) is 48.0 Å². The second-order valence-electron chi connectivity index (χ2n) is 6.80. The zero-order chi connectivity index (χ0) is 17.2. The molecule has 1 aromatic heterocycles. The number of piperazine rings is 1. The Morgan fingerprint density at radius 2 is 1.72 bits per heavy atom. The lowest BCUT2D eigenvalue weighted by molar-refractivity contribution is 0.148. The van der Waals surface area contributed by atoms with Gasteiger partial charge in [-0.2, -0.15) is 0 Å². The Bertz CT molecular complexity index is 848. The maximum atomic E-state index is 5.92. The number of rotatable bonds is 4. The summed E-state index contributed by atoms with van der Waals surface area (Å²) >= 11 is 0. The number of hydrogen-bond donors (Lipinski definition) is 1. The predicted molar refractivity (Wildman–Crippen MR) is 100 cm³/mol. The van der Waals surface area contributed by atoms with Gasteiger partial charge in [-0.15, -0.1) is 0 Å². The molecule has 5 heteroatoms. The lowest BCUT2D eigenvalue weighted by Crippen LogP contribution is -2.43. The zero-order valence-corrected chi connectivity index (χ0v) is 14.6.